The number of piperidine rings is 1. The molecule has 0 spiro atoms. The van der Waals surface area contributed by atoms with Crippen LogP contribution in [0.5, 0.6) is 0 Å². The van der Waals surface area contributed by atoms with E-state index in [9.17, 15) is 9.59 Å². The molecule has 0 saturated carbocycles. The molecule has 1 aliphatic heterocycles. The minimum Gasteiger partial charge on any atom is -0.369 e. The fourth-order valence-corrected chi connectivity index (χ4v) is 3.26. The summed E-state index contributed by atoms with van der Waals surface area (Å²) in [6.07, 6.45) is 2.31. The van der Waals surface area contributed by atoms with Crippen LogP contribution in [0.1, 0.15) is 34.3 Å². The monoisotopic (exact) mass is 322 g/mol. The van der Waals surface area contributed by atoms with E-state index in [0.717, 1.165) is 24.8 Å². The molecular weight excluding hydrogens is 300 g/mol. The van der Waals surface area contributed by atoms with E-state index in [2.05, 4.69) is 12.1 Å². The molecule has 4 nitrogen and oxygen atoms in total. The maximum atomic E-state index is 13.0. The van der Waals surface area contributed by atoms with Crippen LogP contribution in [-0.2, 0) is 11.2 Å². The summed E-state index contributed by atoms with van der Waals surface area (Å²) in [5.74, 6) is -0.554. The lowest BCUT2D eigenvalue weighted by Gasteiger charge is -2.31. The molecule has 2 N–H and O–H groups in total. The first-order chi connectivity index (χ1) is 11.6. The van der Waals surface area contributed by atoms with Gasteiger partial charge in [-0.25, -0.2) is 0 Å². The SMILES string of the molecule is NC(=O)[C@@H]1CCCN(C(=O)c2ccccc2Cc2ccccc2)C1. The first kappa shape index (κ1) is 16.2. The van der Waals surface area contributed by atoms with Crippen molar-refractivity contribution in [1.82, 2.24) is 4.90 Å². The summed E-state index contributed by atoms with van der Waals surface area (Å²) >= 11 is 0. The van der Waals surface area contributed by atoms with Crippen molar-refractivity contribution in [1.29, 1.82) is 0 Å². The van der Waals surface area contributed by atoms with Crippen molar-refractivity contribution in [3.05, 3.63) is 71.3 Å². The van der Waals surface area contributed by atoms with Crippen molar-refractivity contribution in [2.24, 2.45) is 11.7 Å². The third-order valence-corrected chi connectivity index (χ3v) is 4.60. The van der Waals surface area contributed by atoms with E-state index in [1.165, 1.54) is 5.56 Å². The van der Waals surface area contributed by atoms with Crippen LogP contribution in [0.25, 0.3) is 0 Å². The molecule has 2 amide bonds. The smallest absolute Gasteiger partial charge is 0.254 e. The number of hydrogen-bond donors (Lipinski definition) is 1. The van der Waals surface area contributed by atoms with Crippen molar-refractivity contribution in [2.45, 2.75) is 19.3 Å². The van der Waals surface area contributed by atoms with E-state index in [4.69, 9.17) is 5.73 Å². The van der Waals surface area contributed by atoms with Crippen LogP contribution in [-0.4, -0.2) is 29.8 Å². The Labute approximate surface area is 142 Å². The Morgan fingerprint density at radius 3 is 2.50 bits per heavy atom. The minimum absolute atomic E-state index is 0.00696. The van der Waals surface area contributed by atoms with Crippen LogP contribution in [0.3, 0.4) is 0 Å². The number of nitrogens with two attached hydrogens (primary N) is 1. The molecule has 24 heavy (non-hydrogen) atoms. The average Bonchev–Trinajstić information content (AvgIpc) is 2.62. The number of carbonyl (C=O) groups excluding carboxylic acids is 2. The zero-order valence-corrected chi connectivity index (χ0v) is 13.7. The summed E-state index contributed by atoms with van der Waals surface area (Å²) in [5.41, 5.74) is 8.32. The van der Waals surface area contributed by atoms with Crippen LogP contribution >= 0.6 is 0 Å². The van der Waals surface area contributed by atoms with E-state index in [1.54, 1.807) is 4.90 Å². The number of carbonyl (C=O) groups is 2. The Hall–Kier alpha value is -2.62. The molecule has 1 aliphatic rings. The Kier molecular flexibility index (Phi) is 4.94. The Morgan fingerprint density at radius 2 is 1.75 bits per heavy atom. The number of hydrogen-bond acceptors (Lipinski definition) is 2. The predicted octanol–water partition coefficient (Wildman–Crippen LogP) is 2.61. The van der Waals surface area contributed by atoms with Gasteiger partial charge in [-0.1, -0.05) is 48.5 Å². The lowest BCUT2D eigenvalue weighted by molar-refractivity contribution is -0.123. The molecule has 1 saturated heterocycles. The highest BCUT2D eigenvalue weighted by Crippen LogP contribution is 2.21. The van der Waals surface area contributed by atoms with Gasteiger partial charge in [-0.3, -0.25) is 9.59 Å². The Morgan fingerprint density at radius 1 is 1.04 bits per heavy atom. The van der Waals surface area contributed by atoms with Crippen LogP contribution in [0.15, 0.2) is 54.6 Å². The molecule has 0 unspecified atom stereocenters. The van der Waals surface area contributed by atoms with Gasteiger partial charge in [-0.2, -0.15) is 0 Å². The van der Waals surface area contributed by atoms with Gasteiger partial charge >= 0.3 is 0 Å². The van der Waals surface area contributed by atoms with Crippen molar-refractivity contribution < 1.29 is 9.59 Å². The standard InChI is InChI=1S/C20H22N2O2/c21-19(23)17-10-6-12-22(14-17)20(24)18-11-5-4-9-16(18)13-15-7-2-1-3-8-15/h1-5,7-9,11,17H,6,10,12-14H2,(H2,21,23)/t17-/m1/s1. The van der Waals surface area contributed by atoms with Crippen molar-refractivity contribution in [3.8, 4) is 0 Å². The van der Waals surface area contributed by atoms with Crippen LogP contribution < -0.4 is 5.73 Å². The van der Waals surface area contributed by atoms with E-state index < -0.39 is 0 Å². The average molecular weight is 322 g/mol. The van der Waals surface area contributed by atoms with Crippen molar-refractivity contribution >= 4 is 11.8 Å². The normalized spacial score (nSPS) is 17.5. The van der Waals surface area contributed by atoms with Gasteiger partial charge in [-0.15, -0.1) is 0 Å². The lowest BCUT2D eigenvalue weighted by atomic mass is 9.95. The molecule has 1 fully saturated rings. The fraction of sp³-hybridized carbons (Fsp3) is 0.300. The number of primary amides is 1. The molecule has 1 heterocycles. The molecule has 4 heteroatoms. The van der Waals surface area contributed by atoms with Crippen molar-refractivity contribution in [3.63, 3.8) is 0 Å². The highest BCUT2D eigenvalue weighted by molar-refractivity contribution is 5.96. The third kappa shape index (κ3) is 3.65. The van der Waals surface area contributed by atoms with Crippen LogP contribution in [0, 0.1) is 5.92 Å². The van der Waals surface area contributed by atoms with Gasteiger partial charge < -0.3 is 10.6 Å². The molecular formula is C20H22N2O2. The van der Waals surface area contributed by atoms with E-state index >= 15 is 0 Å². The van der Waals surface area contributed by atoms with Gasteiger partial charge in [0, 0.05) is 18.7 Å². The molecule has 124 valence electrons. The Balaban J connectivity index is 1.81. The summed E-state index contributed by atoms with van der Waals surface area (Å²) in [7, 11) is 0. The van der Waals surface area contributed by atoms with Crippen molar-refractivity contribution in [2.75, 3.05) is 13.1 Å². The third-order valence-electron chi connectivity index (χ3n) is 4.60. The maximum absolute atomic E-state index is 13.0. The lowest BCUT2D eigenvalue weighted by Crippen LogP contribution is -2.44. The zero-order chi connectivity index (χ0) is 16.9. The van der Waals surface area contributed by atoms with Gasteiger partial charge in [0.2, 0.25) is 5.91 Å². The summed E-state index contributed by atoms with van der Waals surface area (Å²) in [5, 5.41) is 0. The van der Waals surface area contributed by atoms with Crippen LogP contribution in [0.4, 0.5) is 0 Å². The van der Waals surface area contributed by atoms with Gasteiger partial charge in [0.25, 0.3) is 5.91 Å². The molecule has 3 rings (SSSR count). The number of rotatable bonds is 4. The molecule has 2 aromatic carbocycles. The van der Waals surface area contributed by atoms with Gasteiger partial charge in [-0.05, 0) is 36.5 Å². The summed E-state index contributed by atoms with van der Waals surface area (Å²) < 4.78 is 0. The number of benzene rings is 2. The second-order valence-corrected chi connectivity index (χ2v) is 6.31. The Bertz CT molecular complexity index is 727. The minimum atomic E-state index is -0.315. The number of nitrogens with zero attached hydrogens (tertiary/aromatic N) is 1. The second-order valence-electron chi connectivity index (χ2n) is 6.31. The van der Waals surface area contributed by atoms with Gasteiger partial charge in [0.15, 0.2) is 0 Å². The van der Waals surface area contributed by atoms with Gasteiger partial charge in [0.1, 0.15) is 0 Å². The highest BCUT2D eigenvalue weighted by atomic mass is 16.2. The zero-order valence-electron chi connectivity index (χ0n) is 13.7. The maximum Gasteiger partial charge on any atom is 0.254 e. The summed E-state index contributed by atoms with van der Waals surface area (Å²) in [4.78, 5) is 26.2. The number of likely N-dealkylation sites (tertiary alicyclic amines) is 1. The number of amides is 2. The first-order valence-electron chi connectivity index (χ1n) is 8.35. The van der Waals surface area contributed by atoms with Crippen LogP contribution in [0.2, 0.25) is 0 Å². The fourth-order valence-electron chi connectivity index (χ4n) is 3.26. The van der Waals surface area contributed by atoms with E-state index in [-0.39, 0.29) is 17.7 Å². The van der Waals surface area contributed by atoms with Gasteiger partial charge in [0.05, 0.1) is 5.92 Å². The topological polar surface area (TPSA) is 63.4 Å². The molecule has 0 aromatic heterocycles. The summed E-state index contributed by atoms with van der Waals surface area (Å²) in [6, 6.07) is 17.8. The van der Waals surface area contributed by atoms with E-state index in [0.29, 0.717) is 18.7 Å². The second kappa shape index (κ2) is 7.30. The molecule has 0 aliphatic carbocycles. The molecule has 0 bridgehead atoms. The first-order valence-corrected chi connectivity index (χ1v) is 8.35. The molecule has 1 atom stereocenters. The molecule has 0 radical (unpaired) electrons. The largest absolute Gasteiger partial charge is 0.369 e. The predicted molar refractivity (Wildman–Crippen MR) is 93.5 cm³/mol. The highest BCUT2D eigenvalue weighted by Gasteiger charge is 2.28. The molecule has 2 aromatic rings. The van der Waals surface area contributed by atoms with E-state index in [1.807, 2.05) is 42.5 Å². The summed E-state index contributed by atoms with van der Waals surface area (Å²) in [6.45, 7) is 1.11. The quantitative estimate of drug-likeness (QED) is 0.940.